The highest BCUT2D eigenvalue weighted by Crippen LogP contribution is 1.98. The average Bonchev–Trinajstić information content (AvgIpc) is 1.86. The molecule has 64 valence electrons. The van der Waals surface area contributed by atoms with Crippen molar-refractivity contribution in [2.45, 2.75) is 32.4 Å². The summed E-state index contributed by atoms with van der Waals surface area (Å²) < 4.78 is 0. The van der Waals surface area contributed by atoms with Gasteiger partial charge in [-0.05, 0) is 13.3 Å². The second-order valence-corrected chi connectivity index (χ2v) is 2.57. The smallest absolute Gasteiger partial charge is 0.217 e. The van der Waals surface area contributed by atoms with Crippen LogP contribution >= 0.6 is 0 Å². The summed E-state index contributed by atoms with van der Waals surface area (Å²) in [6.07, 6.45) is 1.74. The van der Waals surface area contributed by atoms with Crippen LogP contribution in [0.3, 0.4) is 0 Å². The first-order valence-electron chi connectivity index (χ1n) is 3.64. The average molecular weight is 157 g/mol. The van der Waals surface area contributed by atoms with E-state index in [4.69, 9.17) is 5.11 Å². The van der Waals surface area contributed by atoms with E-state index in [-0.39, 0.29) is 11.9 Å². The minimum absolute atomic E-state index is 0.127. The van der Waals surface area contributed by atoms with Gasteiger partial charge in [0.15, 0.2) is 0 Å². The van der Waals surface area contributed by atoms with Gasteiger partial charge in [0.1, 0.15) is 0 Å². The van der Waals surface area contributed by atoms with Gasteiger partial charge in [-0.3, -0.25) is 4.79 Å². The molecule has 0 saturated carbocycles. The van der Waals surface area contributed by atoms with Crippen LogP contribution in [0.15, 0.2) is 12.7 Å². The molecule has 0 aromatic heterocycles. The summed E-state index contributed by atoms with van der Waals surface area (Å²) in [7, 11) is 0. The third-order valence-corrected chi connectivity index (χ3v) is 1.39. The minimum Gasteiger partial charge on any atom is -0.391 e. The first-order chi connectivity index (χ1) is 5.07. The highest BCUT2D eigenvalue weighted by atomic mass is 16.3. The van der Waals surface area contributed by atoms with Crippen LogP contribution in [-0.2, 0) is 4.79 Å². The molecular weight excluding hydrogens is 142 g/mol. The Morgan fingerprint density at radius 3 is 2.64 bits per heavy atom. The van der Waals surface area contributed by atoms with Gasteiger partial charge < -0.3 is 10.4 Å². The molecule has 0 fully saturated rings. The van der Waals surface area contributed by atoms with Crippen molar-refractivity contribution in [1.29, 1.82) is 0 Å². The summed E-state index contributed by atoms with van der Waals surface area (Å²) in [6.45, 7) is 6.60. The van der Waals surface area contributed by atoms with E-state index in [1.54, 1.807) is 13.0 Å². The van der Waals surface area contributed by atoms with Crippen molar-refractivity contribution in [3.63, 3.8) is 0 Å². The van der Waals surface area contributed by atoms with Crippen LogP contribution in [0.1, 0.15) is 20.3 Å². The van der Waals surface area contributed by atoms with Gasteiger partial charge in [-0.25, -0.2) is 0 Å². The van der Waals surface area contributed by atoms with Crippen LogP contribution in [0.2, 0.25) is 0 Å². The molecule has 0 aromatic rings. The Balaban J connectivity index is 3.88. The zero-order valence-corrected chi connectivity index (χ0v) is 7.00. The van der Waals surface area contributed by atoms with Gasteiger partial charge in [0, 0.05) is 6.92 Å². The lowest BCUT2D eigenvalue weighted by molar-refractivity contribution is -0.120. The fourth-order valence-corrected chi connectivity index (χ4v) is 0.817. The van der Waals surface area contributed by atoms with E-state index in [0.29, 0.717) is 6.42 Å². The quantitative estimate of drug-likeness (QED) is 0.582. The van der Waals surface area contributed by atoms with Gasteiger partial charge >= 0.3 is 0 Å². The van der Waals surface area contributed by atoms with Crippen molar-refractivity contribution in [2.75, 3.05) is 0 Å². The summed E-state index contributed by atoms with van der Waals surface area (Å²) in [5.41, 5.74) is 0. The molecule has 0 spiro atoms. The zero-order valence-electron chi connectivity index (χ0n) is 7.00. The summed E-state index contributed by atoms with van der Waals surface area (Å²) in [5, 5.41) is 11.7. The molecule has 11 heavy (non-hydrogen) atoms. The monoisotopic (exact) mass is 157 g/mol. The van der Waals surface area contributed by atoms with E-state index in [0.717, 1.165) is 0 Å². The number of aliphatic hydroxyl groups excluding tert-OH is 1. The van der Waals surface area contributed by atoms with Crippen molar-refractivity contribution in [2.24, 2.45) is 0 Å². The van der Waals surface area contributed by atoms with Crippen LogP contribution < -0.4 is 5.32 Å². The van der Waals surface area contributed by atoms with Crippen LogP contribution in [0.25, 0.3) is 0 Å². The predicted molar refractivity (Wildman–Crippen MR) is 44.1 cm³/mol. The van der Waals surface area contributed by atoms with Crippen LogP contribution in [0.5, 0.6) is 0 Å². The number of carbonyl (C=O) groups excluding carboxylic acids is 1. The highest BCUT2D eigenvalue weighted by molar-refractivity contribution is 5.73. The van der Waals surface area contributed by atoms with E-state index in [1.165, 1.54) is 6.92 Å². The molecule has 2 atom stereocenters. The van der Waals surface area contributed by atoms with E-state index < -0.39 is 6.10 Å². The standard InChI is InChI=1S/C8H15NO2/c1-4-5-8(6(2)10)9-7(3)11/h4,6,8,10H,1,5H2,2-3H3,(H,9,11)/t6-,8?/m0/s1. The van der Waals surface area contributed by atoms with Crippen molar-refractivity contribution in [3.8, 4) is 0 Å². The first-order valence-corrected chi connectivity index (χ1v) is 3.64. The van der Waals surface area contributed by atoms with Gasteiger partial charge in [0.2, 0.25) is 5.91 Å². The Labute approximate surface area is 67.1 Å². The third-order valence-electron chi connectivity index (χ3n) is 1.39. The maximum atomic E-state index is 10.6. The molecule has 2 N–H and O–H groups in total. The molecule has 1 unspecified atom stereocenters. The van der Waals surface area contributed by atoms with Crippen LogP contribution in [0, 0.1) is 0 Å². The van der Waals surface area contributed by atoms with Gasteiger partial charge in [0.05, 0.1) is 12.1 Å². The van der Waals surface area contributed by atoms with E-state index in [1.807, 2.05) is 0 Å². The van der Waals surface area contributed by atoms with E-state index >= 15 is 0 Å². The number of aliphatic hydroxyl groups is 1. The molecule has 0 heterocycles. The van der Waals surface area contributed by atoms with Crippen molar-refractivity contribution < 1.29 is 9.90 Å². The Morgan fingerprint density at radius 2 is 2.36 bits per heavy atom. The van der Waals surface area contributed by atoms with Gasteiger partial charge in [-0.2, -0.15) is 0 Å². The number of rotatable bonds is 4. The van der Waals surface area contributed by atoms with Gasteiger partial charge in [0.25, 0.3) is 0 Å². The fourth-order valence-electron chi connectivity index (χ4n) is 0.817. The molecule has 0 saturated heterocycles. The van der Waals surface area contributed by atoms with E-state index in [2.05, 4.69) is 11.9 Å². The molecule has 1 amide bonds. The number of amides is 1. The summed E-state index contributed by atoms with van der Waals surface area (Å²) in [6, 6.07) is -0.204. The number of hydrogen-bond acceptors (Lipinski definition) is 2. The second-order valence-electron chi connectivity index (χ2n) is 2.57. The maximum absolute atomic E-state index is 10.6. The van der Waals surface area contributed by atoms with Crippen molar-refractivity contribution in [3.05, 3.63) is 12.7 Å². The zero-order chi connectivity index (χ0) is 8.85. The minimum atomic E-state index is -0.531. The summed E-state index contributed by atoms with van der Waals surface area (Å²) in [4.78, 5) is 10.6. The summed E-state index contributed by atoms with van der Waals surface area (Å²) in [5.74, 6) is -0.127. The summed E-state index contributed by atoms with van der Waals surface area (Å²) >= 11 is 0. The normalized spacial score (nSPS) is 15.2. The van der Waals surface area contributed by atoms with Gasteiger partial charge in [-0.1, -0.05) is 6.08 Å². The highest BCUT2D eigenvalue weighted by Gasteiger charge is 2.13. The lowest BCUT2D eigenvalue weighted by Crippen LogP contribution is -2.40. The first kappa shape index (κ1) is 10.2. The fraction of sp³-hybridized carbons (Fsp3) is 0.625. The van der Waals surface area contributed by atoms with E-state index in [9.17, 15) is 4.79 Å². The Kier molecular flexibility index (Phi) is 4.54. The molecule has 0 radical (unpaired) electrons. The third kappa shape index (κ3) is 4.56. The number of carbonyl (C=O) groups is 1. The maximum Gasteiger partial charge on any atom is 0.217 e. The molecule has 3 heteroatoms. The molecule has 0 aliphatic carbocycles. The van der Waals surface area contributed by atoms with Crippen LogP contribution in [0.4, 0.5) is 0 Å². The molecule has 0 aliphatic rings. The molecule has 0 aliphatic heterocycles. The predicted octanol–water partition coefficient (Wildman–Crippen LogP) is 0.448. The Bertz CT molecular complexity index is 143. The Morgan fingerprint density at radius 1 is 1.82 bits per heavy atom. The van der Waals surface area contributed by atoms with Crippen LogP contribution in [-0.4, -0.2) is 23.2 Å². The lowest BCUT2D eigenvalue weighted by atomic mass is 10.1. The largest absolute Gasteiger partial charge is 0.391 e. The number of hydrogen-bond donors (Lipinski definition) is 2. The SMILES string of the molecule is C=CCC(NC(C)=O)[C@H](C)O. The molecule has 0 aromatic carbocycles. The molecule has 0 bridgehead atoms. The number of nitrogens with one attached hydrogen (secondary N) is 1. The van der Waals surface area contributed by atoms with Gasteiger partial charge in [-0.15, -0.1) is 6.58 Å². The molecule has 3 nitrogen and oxygen atoms in total. The van der Waals surface area contributed by atoms with Crippen molar-refractivity contribution in [1.82, 2.24) is 5.32 Å². The Hall–Kier alpha value is -0.830. The molecular formula is C8H15NO2. The topological polar surface area (TPSA) is 49.3 Å². The second kappa shape index (κ2) is 4.91. The molecule has 0 rings (SSSR count). The van der Waals surface area contributed by atoms with Crippen molar-refractivity contribution >= 4 is 5.91 Å². The lowest BCUT2D eigenvalue weighted by Gasteiger charge is -2.18.